The van der Waals surface area contributed by atoms with Crippen molar-refractivity contribution in [1.82, 2.24) is 4.48 Å². The van der Waals surface area contributed by atoms with Crippen LogP contribution in [0.15, 0.2) is 41.7 Å². The van der Waals surface area contributed by atoms with E-state index in [1.54, 1.807) is 0 Å². The summed E-state index contributed by atoms with van der Waals surface area (Å²) < 4.78 is 0.579. The van der Waals surface area contributed by atoms with E-state index < -0.39 is 0 Å². The van der Waals surface area contributed by atoms with Gasteiger partial charge in [0.05, 0.1) is 6.20 Å². The molecule has 0 atom stereocenters. The number of benzene rings is 2. The predicted octanol–water partition coefficient (Wildman–Crippen LogP) is 2.69. The van der Waals surface area contributed by atoms with Crippen LogP contribution in [0.25, 0.3) is 0 Å². The van der Waals surface area contributed by atoms with Gasteiger partial charge in [-0.05, 0) is 41.5 Å². The third-order valence-electron chi connectivity index (χ3n) is 4.65. The predicted molar refractivity (Wildman–Crippen MR) is 100 cm³/mol. The second-order valence-electron chi connectivity index (χ2n) is 6.83. The first-order valence-electron chi connectivity index (χ1n) is 8.12. The lowest BCUT2D eigenvalue weighted by Crippen LogP contribution is -3.00. The van der Waals surface area contributed by atoms with E-state index in [1.165, 1.54) is 44.8 Å². The molecule has 0 N–H and O–H groups in total. The minimum atomic E-state index is 0. The van der Waals surface area contributed by atoms with Gasteiger partial charge >= 0.3 is 0 Å². The maximum Gasteiger partial charge on any atom is 0.205 e. The van der Waals surface area contributed by atoms with Crippen molar-refractivity contribution in [1.29, 1.82) is 0 Å². The highest BCUT2D eigenvalue weighted by Crippen LogP contribution is 2.44. The SMILES string of the molecule is Cc1cc(C)c([N+]2(c3c(C)cc(C)cc3C)C=CN=C2)c(C)c1.[Cl-]. The molecule has 2 nitrogen and oxygen atoms in total. The Bertz CT molecular complexity index is 729. The van der Waals surface area contributed by atoms with Crippen molar-refractivity contribution in [3.63, 3.8) is 0 Å². The van der Waals surface area contributed by atoms with Gasteiger partial charge in [-0.3, -0.25) is 0 Å². The molecular formula is C21H25ClN2. The molecule has 0 radical (unpaired) electrons. The van der Waals surface area contributed by atoms with Crippen LogP contribution in [0.3, 0.4) is 0 Å². The fourth-order valence-corrected chi connectivity index (χ4v) is 4.21. The Morgan fingerprint density at radius 3 is 1.33 bits per heavy atom. The molecule has 2 aromatic rings. The van der Waals surface area contributed by atoms with E-state index >= 15 is 0 Å². The zero-order valence-electron chi connectivity index (χ0n) is 15.3. The molecule has 0 spiro atoms. The molecule has 0 saturated heterocycles. The van der Waals surface area contributed by atoms with Crippen LogP contribution in [0, 0.1) is 41.5 Å². The summed E-state index contributed by atoms with van der Waals surface area (Å²) in [6.45, 7) is 13.1. The van der Waals surface area contributed by atoms with Gasteiger partial charge in [-0.1, -0.05) is 35.4 Å². The number of aryl methyl sites for hydroxylation is 6. The van der Waals surface area contributed by atoms with Crippen molar-refractivity contribution >= 4 is 17.7 Å². The van der Waals surface area contributed by atoms with E-state index in [1.807, 2.05) is 6.20 Å². The molecule has 0 unspecified atom stereocenters. The molecule has 2 aromatic carbocycles. The molecular weight excluding hydrogens is 316 g/mol. The second-order valence-corrected chi connectivity index (χ2v) is 6.83. The molecule has 24 heavy (non-hydrogen) atoms. The quantitative estimate of drug-likeness (QED) is 0.745. The van der Waals surface area contributed by atoms with E-state index in [-0.39, 0.29) is 12.4 Å². The Labute approximate surface area is 151 Å². The summed E-state index contributed by atoms with van der Waals surface area (Å²) in [5.41, 5.74) is 10.4. The summed E-state index contributed by atoms with van der Waals surface area (Å²) >= 11 is 0. The van der Waals surface area contributed by atoms with E-state index in [2.05, 4.69) is 83.3 Å². The van der Waals surface area contributed by atoms with Crippen LogP contribution in [-0.2, 0) is 0 Å². The van der Waals surface area contributed by atoms with Crippen LogP contribution in [-0.4, -0.2) is 6.34 Å². The van der Waals surface area contributed by atoms with Crippen molar-refractivity contribution < 1.29 is 12.4 Å². The molecule has 0 aromatic heterocycles. The van der Waals surface area contributed by atoms with Crippen molar-refractivity contribution in [2.45, 2.75) is 41.5 Å². The molecule has 3 rings (SSSR count). The second kappa shape index (κ2) is 6.54. The number of rotatable bonds is 2. The lowest BCUT2D eigenvalue weighted by atomic mass is 9.98. The number of halogens is 1. The Balaban J connectivity index is 0.00000208. The summed E-state index contributed by atoms with van der Waals surface area (Å²) in [6, 6.07) is 9.06. The number of aliphatic imine (C=N–C) groups is 1. The van der Waals surface area contributed by atoms with Crippen molar-refractivity contribution in [2.75, 3.05) is 0 Å². The zero-order chi connectivity index (χ0) is 16.8. The Hall–Kier alpha value is -1.90. The van der Waals surface area contributed by atoms with Crippen LogP contribution in [0.2, 0.25) is 0 Å². The summed E-state index contributed by atoms with van der Waals surface area (Å²) in [5, 5.41) is 0. The largest absolute Gasteiger partial charge is 1.00 e. The summed E-state index contributed by atoms with van der Waals surface area (Å²) in [5.74, 6) is 0. The van der Waals surface area contributed by atoms with Gasteiger partial charge in [0, 0.05) is 22.3 Å². The highest BCUT2D eigenvalue weighted by molar-refractivity contribution is 5.91. The van der Waals surface area contributed by atoms with Gasteiger partial charge in [-0.25, -0.2) is 4.99 Å². The average Bonchev–Trinajstić information content (AvgIpc) is 2.85. The lowest BCUT2D eigenvalue weighted by Gasteiger charge is -2.32. The van der Waals surface area contributed by atoms with Crippen LogP contribution in [0.4, 0.5) is 11.4 Å². The highest BCUT2D eigenvalue weighted by Gasteiger charge is 2.38. The molecule has 0 aliphatic carbocycles. The Kier molecular flexibility index (Phi) is 5.03. The first kappa shape index (κ1) is 18.4. The molecule has 126 valence electrons. The van der Waals surface area contributed by atoms with E-state index in [9.17, 15) is 0 Å². The highest BCUT2D eigenvalue weighted by atomic mass is 35.5. The minimum Gasteiger partial charge on any atom is -1.00 e. The van der Waals surface area contributed by atoms with Crippen molar-refractivity contribution in [3.05, 3.63) is 70.0 Å². The summed E-state index contributed by atoms with van der Waals surface area (Å²) in [6.07, 6.45) is 6.15. The maximum absolute atomic E-state index is 4.47. The standard InChI is InChI=1S/C21H25N2.ClH/c1-14-9-16(3)20(17(4)10-14)23(8-7-22-13-23)21-18(5)11-15(2)12-19(21)6;/h7-13H,1-6H3;1H/q+1;/p-1. The van der Waals surface area contributed by atoms with Gasteiger partial charge < -0.3 is 12.4 Å². The topological polar surface area (TPSA) is 12.4 Å². The number of quaternary nitrogens is 1. The molecule has 0 fully saturated rings. The zero-order valence-corrected chi connectivity index (χ0v) is 16.1. The maximum atomic E-state index is 4.47. The van der Waals surface area contributed by atoms with Crippen molar-refractivity contribution in [3.8, 4) is 0 Å². The molecule has 0 saturated carbocycles. The minimum absolute atomic E-state index is 0. The van der Waals surface area contributed by atoms with Crippen LogP contribution in [0.5, 0.6) is 0 Å². The monoisotopic (exact) mass is 340 g/mol. The fourth-order valence-electron chi connectivity index (χ4n) is 4.21. The lowest BCUT2D eigenvalue weighted by molar-refractivity contribution is -0.00000503. The van der Waals surface area contributed by atoms with E-state index in [4.69, 9.17) is 0 Å². The van der Waals surface area contributed by atoms with E-state index in [0.29, 0.717) is 4.48 Å². The van der Waals surface area contributed by atoms with Crippen molar-refractivity contribution in [2.24, 2.45) is 4.99 Å². The Morgan fingerprint density at radius 1 is 0.667 bits per heavy atom. The molecule has 1 heterocycles. The first-order valence-corrected chi connectivity index (χ1v) is 8.12. The summed E-state index contributed by atoms with van der Waals surface area (Å²) in [4.78, 5) is 4.47. The molecule has 3 heteroatoms. The normalized spacial score (nSPS) is 14.8. The first-order chi connectivity index (χ1) is 10.8. The average molecular weight is 341 g/mol. The number of nitrogens with zero attached hydrogens (tertiary/aromatic N) is 2. The molecule has 0 bridgehead atoms. The van der Waals surface area contributed by atoms with E-state index in [0.717, 1.165) is 0 Å². The van der Waals surface area contributed by atoms with Gasteiger partial charge in [0.25, 0.3) is 0 Å². The summed E-state index contributed by atoms with van der Waals surface area (Å²) in [7, 11) is 0. The van der Waals surface area contributed by atoms with Crippen LogP contribution in [0.1, 0.15) is 33.4 Å². The molecule has 0 amide bonds. The smallest absolute Gasteiger partial charge is 0.205 e. The van der Waals surface area contributed by atoms with Gasteiger partial charge in [-0.15, -0.1) is 0 Å². The third kappa shape index (κ3) is 2.81. The van der Waals surface area contributed by atoms with Gasteiger partial charge in [0.2, 0.25) is 6.34 Å². The van der Waals surface area contributed by atoms with Gasteiger partial charge in [0.1, 0.15) is 6.20 Å². The molecule has 1 aliphatic heterocycles. The van der Waals surface area contributed by atoms with Gasteiger partial charge in [-0.2, -0.15) is 4.48 Å². The third-order valence-corrected chi connectivity index (χ3v) is 4.65. The number of hydrogen-bond donors (Lipinski definition) is 0. The number of hydrogen-bond acceptors (Lipinski definition) is 1. The van der Waals surface area contributed by atoms with Crippen LogP contribution >= 0.6 is 0 Å². The van der Waals surface area contributed by atoms with Gasteiger partial charge in [0.15, 0.2) is 11.4 Å². The fraction of sp³-hybridized carbons (Fsp3) is 0.286. The Morgan fingerprint density at radius 2 is 1.04 bits per heavy atom. The van der Waals surface area contributed by atoms with Crippen LogP contribution < -0.4 is 16.9 Å². The molecule has 1 aliphatic rings.